The quantitative estimate of drug-likeness (QED) is 0.320. The molecule has 0 radical (unpaired) electrons. The SMILES string of the molecule is CCOc1ccc(/C=C(\C#N)C(=O)OCC(=O)Nc2cccc(C(C)=O)c2)cc1. The summed E-state index contributed by atoms with van der Waals surface area (Å²) in [6.07, 6.45) is 1.37. The van der Waals surface area contributed by atoms with Crippen molar-refractivity contribution in [3.05, 3.63) is 65.2 Å². The van der Waals surface area contributed by atoms with E-state index in [4.69, 9.17) is 9.47 Å². The number of Topliss-reactive ketones (excluding diaryl/α,β-unsaturated/α-hetero) is 1. The van der Waals surface area contributed by atoms with Crippen LogP contribution in [0.2, 0.25) is 0 Å². The van der Waals surface area contributed by atoms with Gasteiger partial charge in [-0.3, -0.25) is 9.59 Å². The van der Waals surface area contributed by atoms with Gasteiger partial charge in [0.2, 0.25) is 0 Å². The number of carbonyl (C=O) groups is 3. The summed E-state index contributed by atoms with van der Waals surface area (Å²) in [6, 6.07) is 15.0. The van der Waals surface area contributed by atoms with Gasteiger partial charge in [0.1, 0.15) is 17.4 Å². The first-order chi connectivity index (χ1) is 13.9. The zero-order valence-electron chi connectivity index (χ0n) is 16.1. The summed E-state index contributed by atoms with van der Waals surface area (Å²) < 4.78 is 10.2. The molecule has 0 fully saturated rings. The molecule has 0 saturated heterocycles. The van der Waals surface area contributed by atoms with Gasteiger partial charge >= 0.3 is 5.97 Å². The van der Waals surface area contributed by atoms with Crippen LogP contribution in [-0.2, 0) is 14.3 Å². The maximum absolute atomic E-state index is 12.1. The molecule has 0 aliphatic carbocycles. The summed E-state index contributed by atoms with van der Waals surface area (Å²) >= 11 is 0. The number of anilines is 1. The second-order valence-electron chi connectivity index (χ2n) is 5.93. The minimum absolute atomic E-state index is 0.134. The summed E-state index contributed by atoms with van der Waals surface area (Å²) in [5.74, 6) is -0.951. The highest BCUT2D eigenvalue weighted by atomic mass is 16.5. The Labute approximate surface area is 168 Å². The van der Waals surface area contributed by atoms with Crippen LogP contribution in [0.3, 0.4) is 0 Å². The van der Waals surface area contributed by atoms with Crippen molar-refractivity contribution in [1.82, 2.24) is 0 Å². The Kier molecular flexibility index (Phi) is 7.68. The van der Waals surface area contributed by atoms with Gasteiger partial charge in [-0.2, -0.15) is 5.26 Å². The maximum Gasteiger partial charge on any atom is 0.349 e. The van der Waals surface area contributed by atoms with Crippen LogP contribution in [0, 0.1) is 11.3 Å². The van der Waals surface area contributed by atoms with Gasteiger partial charge in [-0.25, -0.2) is 4.79 Å². The van der Waals surface area contributed by atoms with E-state index >= 15 is 0 Å². The highest BCUT2D eigenvalue weighted by molar-refractivity contribution is 6.00. The van der Waals surface area contributed by atoms with Gasteiger partial charge in [-0.1, -0.05) is 24.3 Å². The van der Waals surface area contributed by atoms with Gasteiger partial charge in [-0.15, -0.1) is 0 Å². The molecule has 0 unspecified atom stereocenters. The van der Waals surface area contributed by atoms with Crippen LogP contribution in [-0.4, -0.2) is 30.9 Å². The second-order valence-corrected chi connectivity index (χ2v) is 5.93. The van der Waals surface area contributed by atoms with Crippen molar-refractivity contribution in [3.63, 3.8) is 0 Å². The third-order valence-corrected chi connectivity index (χ3v) is 3.73. The van der Waals surface area contributed by atoms with Gasteiger partial charge in [0.25, 0.3) is 5.91 Å². The van der Waals surface area contributed by atoms with Gasteiger partial charge < -0.3 is 14.8 Å². The van der Waals surface area contributed by atoms with Crippen molar-refractivity contribution in [2.45, 2.75) is 13.8 Å². The van der Waals surface area contributed by atoms with Crippen molar-refractivity contribution in [1.29, 1.82) is 5.26 Å². The second kappa shape index (κ2) is 10.4. The van der Waals surface area contributed by atoms with E-state index in [1.165, 1.54) is 19.1 Å². The van der Waals surface area contributed by atoms with Crippen LogP contribution in [0.1, 0.15) is 29.8 Å². The average Bonchev–Trinajstić information content (AvgIpc) is 2.72. The van der Waals surface area contributed by atoms with Gasteiger partial charge in [0, 0.05) is 11.3 Å². The zero-order valence-corrected chi connectivity index (χ0v) is 16.1. The number of esters is 1. The van der Waals surface area contributed by atoms with E-state index in [9.17, 15) is 19.6 Å². The Bertz CT molecular complexity index is 971. The molecule has 0 saturated carbocycles. The molecule has 0 aromatic heterocycles. The van der Waals surface area contributed by atoms with Crippen LogP contribution >= 0.6 is 0 Å². The molecule has 2 aromatic carbocycles. The molecule has 7 heteroatoms. The van der Waals surface area contributed by atoms with Crippen LogP contribution in [0.5, 0.6) is 5.75 Å². The Morgan fingerprint density at radius 2 is 1.86 bits per heavy atom. The minimum Gasteiger partial charge on any atom is -0.494 e. The molecule has 1 N–H and O–H groups in total. The fraction of sp³-hybridized carbons (Fsp3) is 0.182. The first-order valence-electron chi connectivity index (χ1n) is 8.85. The lowest BCUT2D eigenvalue weighted by atomic mass is 10.1. The molecule has 0 aliphatic rings. The number of ether oxygens (including phenoxy) is 2. The van der Waals surface area contributed by atoms with E-state index in [0.717, 1.165) is 0 Å². The zero-order chi connectivity index (χ0) is 21.2. The lowest BCUT2D eigenvalue weighted by Gasteiger charge is -2.07. The summed E-state index contributed by atoms with van der Waals surface area (Å²) in [7, 11) is 0. The van der Waals surface area contributed by atoms with Crippen LogP contribution in [0.4, 0.5) is 5.69 Å². The lowest BCUT2D eigenvalue weighted by molar-refractivity contribution is -0.142. The van der Waals surface area contributed by atoms with Crippen molar-refractivity contribution < 1.29 is 23.9 Å². The number of carbonyl (C=O) groups excluding carboxylic acids is 3. The number of nitriles is 1. The first kappa shape index (κ1) is 21.4. The van der Waals surface area contributed by atoms with Crippen molar-refractivity contribution in [2.24, 2.45) is 0 Å². The van der Waals surface area contributed by atoms with E-state index < -0.39 is 18.5 Å². The largest absolute Gasteiger partial charge is 0.494 e. The number of ketones is 1. The predicted octanol–water partition coefficient (Wildman–Crippen LogP) is 3.38. The standard InChI is InChI=1S/C22H20N2O5/c1-3-28-20-9-7-16(8-10-20)11-18(13-23)22(27)29-14-21(26)24-19-6-4-5-17(12-19)15(2)25/h4-12H,3,14H2,1-2H3,(H,24,26)/b18-11+. The normalized spacial score (nSPS) is 10.6. The lowest BCUT2D eigenvalue weighted by Crippen LogP contribution is -2.21. The average molecular weight is 392 g/mol. The highest BCUT2D eigenvalue weighted by Crippen LogP contribution is 2.15. The number of benzene rings is 2. The van der Waals surface area contributed by atoms with Gasteiger partial charge in [0.05, 0.1) is 6.61 Å². The van der Waals surface area contributed by atoms with Crippen LogP contribution in [0.25, 0.3) is 6.08 Å². The third-order valence-electron chi connectivity index (χ3n) is 3.73. The van der Waals surface area contributed by atoms with E-state index in [2.05, 4.69) is 5.32 Å². The number of hydrogen-bond acceptors (Lipinski definition) is 6. The van der Waals surface area contributed by atoms with E-state index in [-0.39, 0.29) is 11.4 Å². The maximum atomic E-state index is 12.1. The molecule has 0 aliphatic heterocycles. The number of nitrogens with one attached hydrogen (secondary N) is 1. The van der Waals surface area contributed by atoms with Crippen molar-refractivity contribution >= 4 is 29.4 Å². The third kappa shape index (κ3) is 6.63. The molecule has 0 bridgehead atoms. The van der Waals surface area contributed by atoms with Crippen LogP contribution < -0.4 is 10.1 Å². The topological polar surface area (TPSA) is 105 Å². The Morgan fingerprint density at radius 3 is 2.48 bits per heavy atom. The number of amides is 1. The smallest absolute Gasteiger partial charge is 0.349 e. The number of rotatable bonds is 8. The number of hydrogen-bond donors (Lipinski definition) is 1. The van der Waals surface area contributed by atoms with E-state index in [0.29, 0.717) is 29.2 Å². The minimum atomic E-state index is -0.908. The molecule has 2 rings (SSSR count). The Balaban J connectivity index is 1.95. The van der Waals surface area contributed by atoms with Gasteiger partial charge in [0.15, 0.2) is 12.4 Å². The fourth-order valence-electron chi connectivity index (χ4n) is 2.35. The van der Waals surface area contributed by atoms with E-state index in [1.807, 2.05) is 6.92 Å². The summed E-state index contributed by atoms with van der Waals surface area (Å²) in [6.45, 7) is 3.26. The fourth-order valence-corrected chi connectivity index (χ4v) is 2.35. The molecular formula is C22H20N2O5. The summed E-state index contributed by atoms with van der Waals surface area (Å²) in [4.78, 5) is 35.4. The molecule has 7 nitrogen and oxygen atoms in total. The Hall–Kier alpha value is -3.92. The Morgan fingerprint density at radius 1 is 1.14 bits per heavy atom. The van der Waals surface area contributed by atoms with Crippen molar-refractivity contribution in [2.75, 3.05) is 18.5 Å². The predicted molar refractivity (Wildman–Crippen MR) is 107 cm³/mol. The molecule has 1 amide bonds. The summed E-state index contributed by atoms with van der Waals surface area (Å²) in [5.41, 5.74) is 1.24. The van der Waals surface area contributed by atoms with Crippen LogP contribution in [0.15, 0.2) is 54.1 Å². The van der Waals surface area contributed by atoms with Gasteiger partial charge in [-0.05, 0) is 49.8 Å². The molecule has 0 heterocycles. The molecule has 148 valence electrons. The monoisotopic (exact) mass is 392 g/mol. The number of nitrogens with zero attached hydrogens (tertiary/aromatic N) is 1. The molecule has 0 atom stereocenters. The molecule has 29 heavy (non-hydrogen) atoms. The molecule has 2 aromatic rings. The molecule has 0 spiro atoms. The summed E-state index contributed by atoms with van der Waals surface area (Å²) in [5, 5.41) is 11.7. The van der Waals surface area contributed by atoms with E-state index in [1.54, 1.807) is 48.5 Å². The molecular weight excluding hydrogens is 372 g/mol. The van der Waals surface area contributed by atoms with Crippen molar-refractivity contribution in [3.8, 4) is 11.8 Å². The highest BCUT2D eigenvalue weighted by Gasteiger charge is 2.13. The first-order valence-corrected chi connectivity index (χ1v) is 8.85.